The molecule has 0 saturated heterocycles. The van der Waals surface area contributed by atoms with Gasteiger partial charge in [-0.25, -0.2) is 0 Å². The van der Waals surface area contributed by atoms with Crippen LogP contribution in [0.5, 0.6) is 0 Å². The summed E-state index contributed by atoms with van der Waals surface area (Å²) in [6.45, 7) is 4.01. The normalized spacial score (nSPS) is 12.1. The molecule has 0 nitrogen and oxygen atoms in total. The van der Waals surface area contributed by atoms with Gasteiger partial charge >= 0.3 is 0 Å². The molecule has 0 aromatic carbocycles. The Morgan fingerprint density at radius 2 is 2.40 bits per heavy atom. The minimum atomic E-state index is 0.854. The van der Waals surface area contributed by atoms with E-state index in [0.717, 1.165) is 5.03 Å². The Morgan fingerprint density at radius 1 is 1.70 bits per heavy atom. The summed E-state index contributed by atoms with van der Waals surface area (Å²) in [6, 6.07) is 2.08. The van der Waals surface area contributed by atoms with Gasteiger partial charge < -0.3 is 0 Å². The zero-order valence-electron chi connectivity index (χ0n) is 6.02. The summed E-state index contributed by atoms with van der Waals surface area (Å²) in [5, 5.41) is 2.91. The van der Waals surface area contributed by atoms with E-state index in [1.54, 1.807) is 11.3 Å². The zero-order valence-corrected chi connectivity index (χ0v) is 7.59. The van der Waals surface area contributed by atoms with Gasteiger partial charge in [0.2, 0.25) is 0 Å². The van der Waals surface area contributed by atoms with Gasteiger partial charge in [-0.15, -0.1) is 11.3 Å². The van der Waals surface area contributed by atoms with Gasteiger partial charge in [-0.1, -0.05) is 17.7 Å². The van der Waals surface area contributed by atoms with Crippen LogP contribution in [-0.2, 0) is 0 Å². The lowest BCUT2D eigenvalue weighted by molar-refractivity contribution is 1.53. The van der Waals surface area contributed by atoms with Crippen LogP contribution in [0.1, 0.15) is 17.4 Å². The second kappa shape index (κ2) is 3.22. The Labute approximate surface area is 70.1 Å². The van der Waals surface area contributed by atoms with Gasteiger partial charge in [-0.2, -0.15) is 0 Å². The number of allylic oxidation sites excluding steroid dienone is 1. The lowest BCUT2D eigenvalue weighted by Gasteiger charge is -1.93. The molecule has 0 aliphatic heterocycles. The van der Waals surface area contributed by atoms with E-state index in [-0.39, 0.29) is 0 Å². The lowest BCUT2D eigenvalue weighted by atomic mass is 10.3. The monoisotopic (exact) mass is 172 g/mol. The number of rotatable bonds is 1. The van der Waals surface area contributed by atoms with Crippen molar-refractivity contribution >= 4 is 28.0 Å². The maximum Gasteiger partial charge on any atom is 0.0538 e. The Morgan fingerprint density at radius 3 is 2.80 bits per heavy atom. The molecule has 0 N–H and O–H groups in total. The molecule has 54 valence electrons. The van der Waals surface area contributed by atoms with Crippen molar-refractivity contribution in [3.63, 3.8) is 0 Å². The first-order chi connectivity index (χ1) is 4.75. The largest absolute Gasteiger partial charge is 0.143 e. The van der Waals surface area contributed by atoms with Crippen LogP contribution in [0.15, 0.2) is 17.5 Å². The van der Waals surface area contributed by atoms with E-state index < -0.39 is 0 Å². The van der Waals surface area contributed by atoms with Gasteiger partial charge in [-0.05, 0) is 30.9 Å². The SMILES string of the molecule is C/C=C(/Cl)c1sccc1C. The number of halogens is 1. The van der Waals surface area contributed by atoms with E-state index in [1.807, 2.05) is 13.0 Å². The summed E-state index contributed by atoms with van der Waals surface area (Å²) in [5.74, 6) is 0. The third-order valence-corrected chi connectivity index (χ3v) is 2.90. The Bertz CT molecular complexity index is 248. The van der Waals surface area contributed by atoms with Crippen LogP contribution in [0.2, 0.25) is 0 Å². The fraction of sp³-hybridized carbons (Fsp3) is 0.250. The van der Waals surface area contributed by atoms with Crippen molar-refractivity contribution in [2.75, 3.05) is 0 Å². The molecule has 0 amide bonds. The van der Waals surface area contributed by atoms with E-state index in [0.29, 0.717) is 0 Å². The minimum Gasteiger partial charge on any atom is -0.143 e. The van der Waals surface area contributed by atoms with E-state index in [4.69, 9.17) is 11.6 Å². The Balaban J connectivity index is 3.05. The maximum absolute atomic E-state index is 5.91. The summed E-state index contributed by atoms with van der Waals surface area (Å²) < 4.78 is 0. The summed E-state index contributed by atoms with van der Waals surface area (Å²) in [4.78, 5) is 1.18. The highest BCUT2D eigenvalue weighted by molar-refractivity contribution is 7.12. The first kappa shape index (κ1) is 7.83. The van der Waals surface area contributed by atoms with Crippen molar-refractivity contribution in [3.8, 4) is 0 Å². The molecule has 1 aromatic rings. The molecule has 1 heterocycles. The Hall–Kier alpha value is -0.270. The fourth-order valence-corrected chi connectivity index (χ4v) is 1.92. The molecule has 0 atom stereocenters. The molecule has 2 heteroatoms. The quantitative estimate of drug-likeness (QED) is 0.607. The molecular weight excluding hydrogens is 164 g/mol. The van der Waals surface area contributed by atoms with E-state index in [2.05, 4.69) is 18.4 Å². The minimum absolute atomic E-state index is 0.854. The van der Waals surface area contributed by atoms with Gasteiger partial charge in [0.05, 0.1) is 5.03 Å². The number of hydrogen-bond acceptors (Lipinski definition) is 1. The average Bonchev–Trinajstić information content (AvgIpc) is 2.34. The smallest absolute Gasteiger partial charge is 0.0538 e. The van der Waals surface area contributed by atoms with Crippen molar-refractivity contribution < 1.29 is 0 Å². The molecule has 0 aliphatic carbocycles. The number of thiophene rings is 1. The highest BCUT2D eigenvalue weighted by Crippen LogP contribution is 2.27. The van der Waals surface area contributed by atoms with Crippen molar-refractivity contribution in [3.05, 3.63) is 28.0 Å². The fourth-order valence-electron chi connectivity index (χ4n) is 0.749. The summed E-state index contributed by atoms with van der Waals surface area (Å²) >= 11 is 7.59. The molecule has 0 bridgehead atoms. The standard InChI is InChI=1S/C8H9ClS/c1-3-7(9)8-6(2)4-5-10-8/h3-5H,1-2H3/b7-3+. The van der Waals surface area contributed by atoms with Crippen LogP contribution < -0.4 is 0 Å². The van der Waals surface area contributed by atoms with Gasteiger partial charge in [0.25, 0.3) is 0 Å². The summed E-state index contributed by atoms with van der Waals surface area (Å²) in [6.07, 6.45) is 1.92. The first-order valence-electron chi connectivity index (χ1n) is 3.12. The van der Waals surface area contributed by atoms with Crippen LogP contribution in [0.25, 0.3) is 5.03 Å². The molecule has 0 spiro atoms. The van der Waals surface area contributed by atoms with Crippen LogP contribution in [0, 0.1) is 6.92 Å². The summed E-state index contributed by atoms with van der Waals surface area (Å²) in [5.41, 5.74) is 1.26. The highest BCUT2D eigenvalue weighted by Gasteiger charge is 2.00. The average molecular weight is 173 g/mol. The topological polar surface area (TPSA) is 0 Å². The highest BCUT2D eigenvalue weighted by atomic mass is 35.5. The number of hydrogen-bond donors (Lipinski definition) is 0. The molecule has 0 unspecified atom stereocenters. The van der Waals surface area contributed by atoms with E-state index in [1.165, 1.54) is 10.4 Å². The molecule has 1 rings (SSSR count). The van der Waals surface area contributed by atoms with Crippen molar-refractivity contribution in [1.82, 2.24) is 0 Å². The maximum atomic E-state index is 5.91. The van der Waals surface area contributed by atoms with Gasteiger partial charge in [0.15, 0.2) is 0 Å². The van der Waals surface area contributed by atoms with Crippen LogP contribution in [0.4, 0.5) is 0 Å². The second-order valence-corrected chi connectivity index (χ2v) is 3.39. The summed E-state index contributed by atoms with van der Waals surface area (Å²) in [7, 11) is 0. The van der Waals surface area contributed by atoms with E-state index >= 15 is 0 Å². The van der Waals surface area contributed by atoms with Crippen molar-refractivity contribution in [2.45, 2.75) is 13.8 Å². The predicted molar refractivity (Wildman–Crippen MR) is 48.6 cm³/mol. The van der Waals surface area contributed by atoms with Crippen molar-refractivity contribution in [1.29, 1.82) is 0 Å². The molecule has 0 aliphatic rings. The lowest BCUT2D eigenvalue weighted by Crippen LogP contribution is -1.71. The predicted octanol–water partition coefficient (Wildman–Crippen LogP) is 3.66. The zero-order chi connectivity index (χ0) is 7.56. The van der Waals surface area contributed by atoms with Crippen LogP contribution in [0.3, 0.4) is 0 Å². The van der Waals surface area contributed by atoms with Gasteiger partial charge in [0.1, 0.15) is 0 Å². The third-order valence-electron chi connectivity index (χ3n) is 1.33. The third kappa shape index (κ3) is 1.41. The van der Waals surface area contributed by atoms with Crippen LogP contribution >= 0.6 is 22.9 Å². The van der Waals surface area contributed by atoms with Gasteiger partial charge in [-0.3, -0.25) is 0 Å². The van der Waals surface area contributed by atoms with Gasteiger partial charge in [0, 0.05) is 4.88 Å². The molecule has 1 aromatic heterocycles. The van der Waals surface area contributed by atoms with E-state index in [9.17, 15) is 0 Å². The molecule has 0 radical (unpaired) electrons. The Kier molecular flexibility index (Phi) is 2.52. The molecule has 0 saturated carbocycles. The molecule has 0 fully saturated rings. The molecule has 10 heavy (non-hydrogen) atoms. The molecular formula is C8H9ClS. The first-order valence-corrected chi connectivity index (χ1v) is 4.37. The van der Waals surface area contributed by atoms with Crippen LogP contribution in [-0.4, -0.2) is 0 Å². The van der Waals surface area contributed by atoms with Crippen molar-refractivity contribution in [2.24, 2.45) is 0 Å². The number of aryl methyl sites for hydroxylation is 1. The second-order valence-electron chi connectivity index (χ2n) is 2.07.